The molecule has 3 rings (SSSR count). The van der Waals surface area contributed by atoms with Gasteiger partial charge in [-0.3, -0.25) is 0 Å². The highest BCUT2D eigenvalue weighted by atomic mass is 15.2. The molecule has 0 bridgehead atoms. The first-order chi connectivity index (χ1) is 15.0. The maximum atomic E-state index is 3.82. The van der Waals surface area contributed by atoms with E-state index in [0.717, 1.165) is 13.1 Å². The molecule has 0 saturated carbocycles. The molecule has 2 aromatic rings. The molecule has 0 saturated heterocycles. The molecule has 1 aliphatic heterocycles. The van der Waals surface area contributed by atoms with Crippen molar-refractivity contribution in [2.45, 2.75) is 34.2 Å². The van der Waals surface area contributed by atoms with Crippen LogP contribution in [0.5, 0.6) is 0 Å². The summed E-state index contributed by atoms with van der Waals surface area (Å²) in [6.45, 7) is 23.5. The van der Waals surface area contributed by atoms with Crippen LogP contribution in [0.1, 0.15) is 38.8 Å². The summed E-state index contributed by atoms with van der Waals surface area (Å²) in [6.07, 6.45) is 5.85. The Labute approximate surface area is 191 Å². The van der Waals surface area contributed by atoms with Crippen molar-refractivity contribution < 1.29 is 0 Å². The summed E-state index contributed by atoms with van der Waals surface area (Å²) in [5, 5.41) is 3.08. The van der Waals surface area contributed by atoms with Gasteiger partial charge in [-0.2, -0.15) is 0 Å². The first kappa shape index (κ1) is 27.9. The minimum atomic E-state index is 0.959. The van der Waals surface area contributed by atoms with Gasteiger partial charge in [-0.15, -0.1) is 19.7 Å². The zero-order valence-electron chi connectivity index (χ0n) is 20.1. The molecular weight excluding hydrogens is 376 g/mol. The Morgan fingerprint density at radius 3 is 2.06 bits per heavy atom. The largest absolute Gasteiger partial charge is 0.341 e. The third kappa shape index (κ3) is 9.50. The Morgan fingerprint density at radius 1 is 0.968 bits per heavy atom. The second kappa shape index (κ2) is 16.7. The van der Waals surface area contributed by atoms with E-state index >= 15 is 0 Å². The fourth-order valence-corrected chi connectivity index (χ4v) is 3.05. The molecule has 0 unspecified atom stereocenters. The first-order valence-electron chi connectivity index (χ1n) is 10.6. The number of hydrogen-bond donors (Lipinski definition) is 1. The van der Waals surface area contributed by atoms with Crippen molar-refractivity contribution in [2.24, 2.45) is 0 Å². The van der Waals surface area contributed by atoms with Gasteiger partial charge in [0.2, 0.25) is 0 Å². The van der Waals surface area contributed by atoms with E-state index in [1.807, 2.05) is 38.2 Å². The van der Waals surface area contributed by atoms with Crippen molar-refractivity contribution in [3.8, 4) is 0 Å². The highest BCUT2D eigenvalue weighted by Crippen LogP contribution is 2.32. The second-order valence-electron chi connectivity index (χ2n) is 6.83. The molecule has 0 fully saturated rings. The summed E-state index contributed by atoms with van der Waals surface area (Å²) in [5.74, 6) is 0. The van der Waals surface area contributed by atoms with Crippen LogP contribution in [0.4, 0.5) is 5.69 Å². The van der Waals surface area contributed by atoms with Gasteiger partial charge in [0.15, 0.2) is 0 Å². The van der Waals surface area contributed by atoms with Crippen LogP contribution in [0.2, 0.25) is 0 Å². The third-order valence-corrected chi connectivity index (χ3v) is 4.75. The van der Waals surface area contributed by atoms with Gasteiger partial charge >= 0.3 is 0 Å². The van der Waals surface area contributed by atoms with E-state index in [2.05, 4.69) is 99.8 Å². The predicted molar refractivity (Wildman–Crippen MR) is 142 cm³/mol. The van der Waals surface area contributed by atoms with E-state index in [1.165, 1.54) is 33.7 Å². The number of benzene rings is 2. The van der Waals surface area contributed by atoms with Crippen molar-refractivity contribution in [1.82, 2.24) is 5.32 Å². The van der Waals surface area contributed by atoms with E-state index in [-0.39, 0.29) is 0 Å². The summed E-state index contributed by atoms with van der Waals surface area (Å²) < 4.78 is 0. The van der Waals surface area contributed by atoms with Crippen molar-refractivity contribution in [1.29, 1.82) is 0 Å². The van der Waals surface area contributed by atoms with E-state index in [0.29, 0.717) is 0 Å². The van der Waals surface area contributed by atoms with Crippen LogP contribution in [-0.4, -0.2) is 13.6 Å². The molecule has 0 radical (unpaired) electrons. The Kier molecular flexibility index (Phi) is 15.0. The third-order valence-electron chi connectivity index (χ3n) is 4.75. The monoisotopic (exact) mass is 416 g/mol. The number of allylic oxidation sites excluding steroid dienone is 3. The first-order valence-corrected chi connectivity index (χ1v) is 10.6. The normalized spacial score (nSPS) is 13.2. The van der Waals surface area contributed by atoms with E-state index in [4.69, 9.17) is 0 Å². The van der Waals surface area contributed by atoms with Crippen LogP contribution in [0.3, 0.4) is 0 Å². The number of nitrogens with zero attached hydrogens (tertiary/aromatic N) is 1. The average molecular weight is 417 g/mol. The Bertz CT molecular complexity index is 844. The van der Waals surface area contributed by atoms with E-state index in [1.54, 1.807) is 6.08 Å². The molecule has 0 atom stereocenters. The molecule has 1 heterocycles. The van der Waals surface area contributed by atoms with Gasteiger partial charge in [0.25, 0.3) is 0 Å². The molecule has 0 aliphatic carbocycles. The van der Waals surface area contributed by atoms with Crippen LogP contribution in [0, 0.1) is 0 Å². The molecule has 2 nitrogen and oxygen atoms in total. The summed E-state index contributed by atoms with van der Waals surface area (Å²) >= 11 is 0. The van der Waals surface area contributed by atoms with E-state index < -0.39 is 0 Å². The summed E-state index contributed by atoms with van der Waals surface area (Å²) in [4.78, 5) is 2.36. The topological polar surface area (TPSA) is 15.3 Å². The molecular formula is C29H40N2. The van der Waals surface area contributed by atoms with Crippen LogP contribution >= 0.6 is 0 Å². The van der Waals surface area contributed by atoms with Crippen molar-refractivity contribution in [3.05, 3.63) is 121 Å². The van der Waals surface area contributed by atoms with Crippen LogP contribution < -0.4 is 10.2 Å². The van der Waals surface area contributed by atoms with Crippen molar-refractivity contribution in [2.75, 3.05) is 18.5 Å². The SMILES string of the molecule is C=C.C=CC.C=Cc1cccc(N2C/C(=C\C)C(C)=C2C)c1.CNCc1ccccc1. The van der Waals surface area contributed by atoms with Gasteiger partial charge in [-0.05, 0) is 69.1 Å². The number of anilines is 1. The van der Waals surface area contributed by atoms with Crippen molar-refractivity contribution in [3.63, 3.8) is 0 Å². The summed E-state index contributed by atoms with van der Waals surface area (Å²) in [7, 11) is 1.95. The molecule has 166 valence electrons. The molecule has 0 amide bonds. The standard InChI is InChI=1S/C16H19N.C8H11N.C3H6.C2H4/c1-5-14-8-7-9-16(10-14)17-11-15(6-2)12(3)13(17)4;1-9-7-8-5-3-2-4-6-8;1-3-2;1-2/h5-10H,1,11H2,2-4H3;2-6,9H,7H2,1H3;3H,1H2,2H3;1-2H2/b15-6+;;;. The minimum absolute atomic E-state index is 0.959. The van der Waals surface area contributed by atoms with Crippen LogP contribution in [0.25, 0.3) is 6.08 Å². The molecule has 1 N–H and O–H groups in total. The average Bonchev–Trinajstić information content (AvgIpc) is 3.11. The van der Waals surface area contributed by atoms with Crippen molar-refractivity contribution >= 4 is 11.8 Å². The summed E-state index contributed by atoms with van der Waals surface area (Å²) in [5.41, 5.74) is 7.92. The van der Waals surface area contributed by atoms with Gasteiger partial charge in [-0.25, -0.2) is 0 Å². The van der Waals surface area contributed by atoms with E-state index in [9.17, 15) is 0 Å². The summed E-state index contributed by atoms with van der Waals surface area (Å²) in [6, 6.07) is 18.8. The quantitative estimate of drug-likeness (QED) is 0.512. The fraction of sp³-hybridized carbons (Fsp3) is 0.241. The molecule has 0 spiro atoms. The maximum Gasteiger partial charge on any atom is 0.0478 e. The predicted octanol–water partition coefficient (Wildman–Crippen LogP) is 7.79. The van der Waals surface area contributed by atoms with Gasteiger partial charge in [-0.1, -0.05) is 67.3 Å². The lowest BCUT2D eigenvalue weighted by Gasteiger charge is -2.20. The Hall–Kier alpha value is -3.10. The number of hydrogen-bond acceptors (Lipinski definition) is 2. The molecule has 0 aromatic heterocycles. The maximum absolute atomic E-state index is 3.82. The van der Waals surface area contributed by atoms with Gasteiger partial charge < -0.3 is 10.2 Å². The molecule has 1 aliphatic rings. The van der Waals surface area contributed by atoms with Gasteiger partial charge in [0.05, 0.1) is 0 Å². The highest BCUT2D eigenvalue weighted by Gasteiger charge is 2.21. The smallest absolute Gasteiger partial charge is 0.0478 e. The molecule has 2 heteroatoms. The lowest BCUT2D eigenvalue weighted by molar-refractivity contribution is 0.818. The minimum Gasteiger partial charge on any atom is -0.341 e. The Balaban J connectivity index is 0.000000540. The highest BCUT2D eigenvalue weighted by molar-refractivity contribution is 5.64. The number of rotatable bonds is 4. The molecule has 31 heavy (non-hydrogen) atoms. The van der Waals surface area contributed by atoms with Crippen LogP contribution in [0.15, 0.2) is 110 Å². The zero-order valence-corrected chi connectivity index (χ0v) is 20.1. The van der Waals surface area contributed by atoms with Gasteiger partial charge in [0, 0.05) is 24.5 Å². The van der Waals surface area contributed by atoms with Gasteiger partial charge in [0.1, 0.15) is 0 Å². The second-order valence-corrected chi connectivity index (χ2v) is 6.83. The van der Waals surface area contributed by atoms with Crippen LogP contribution in [-0.2, 0) is 6.54 Å². The lowest BCUT2D eigenvalue weighted by atomic mass is 10.1. The lowest BCUT2D eigenvalue weighted by Crippen LogP contribution is -2.17. The zero-order chi connectivity index (χ0) is 23.6. The fourth-order valence-electron chi connectivity index (χ4n) is 3.05. The number of nitrogens with one attached hydrogen (secondary N) is 1. The molecule has 2 aromatic carbocycles. The Morgan fingerprint density at radius 2 is 1.58 bits per heavy atom.